The molecule has 150 valence electrons. The summed E-state index contributed by atoms with van der Waals surface area (Å²) >= 11 is 2.84. The number of nitrogens with zero attached hydrogens (tertiary/aromatic N) is 1. The summed E-state index contributed by atoms with van der Waals surface area (Å²) < 4.78 is 6.63. The number of imidazole rings is 1. The average molecular weight is 466 g/mol. The molecule has 0 atom stereocenters. The van der Waals surface area contributed by atoms with Crippen LogP contribution in [-0.4, -0.2) is 26.8 Å². The fraction of sp³-hybridized carbons (Fsp3) is 0.154. The number of aromatic nitrogens is 2. The number of H-pyrrole nitrogens is 1. The molecule has 2 heterocycles. The minimum absolute atomic E-state index is 0.0385. The van der Waals surface area contributed by atoms with E-state index in [0.717, 1.165) is 16.6 Å². The molecular weight excluding hydrogens is 447 g/mol. The molecule has 31 heavy (non-hydrogen) atoms. The number of aromatic amines is 1. The first-order valence-electron chi connectivity index (χ1n) is 10.5. The number of rotatable bonds is 3. The van der Waals surface area contributed by atoms with Crippen molar-refractivity contribution in [2.45, 2.75) is 23.5 Å². The van der Waals surface area contributed by atoms with Crippen LogP contribution in [0.25, 0.3) is 44.5 Å². The Hall–Kier alpha value is -3.10. The molecule has 5 heteroatoms. The molecular formula is C26H19AsN2O2. The van der Waals surface area contributed by atoms with E-state index in [-0.39, 0.29) is 9.63 Å². The van der Waals surface area contributed by atoms with Crippen molar-refractivity contribution in [3.63, 3.8) is 0 Å². The van der Waals surface area contributed by atoms with Gasteiger partial charge in [-0.15, -0.1) is 0 Å². The van der Waals surface area contributed by atoms with Gasteiger partial charge in [0.25, 0.3) is 0 Å². The van der Waals surface area contributed by atoms with E-state index >= 15 is 0 Å². The topological polar surface area (TPSA) is 58.9 Å². The summed E-state index contributed by atoms with van der Waals surface area (Å²) in [5, 5.41) is 0.543. The van der Waals surface area contributed by atoms with Crippen molar-refractivity contribution in [1.82, 2.24) is 9.97 Å². The zero-order valence-corrected chi connectivity index (χ0v) is 18.6. The van der Waals surface area contributed by atoms with Gasteiger partial charge in [0.05, 0.1) is 0 Å². The van der Waals surface area contributed by atoms with Crippen LogP contribution in [0.1, 0.15) is 24.8 Å². The standard InChI is InChI=1S/C26H19AsN2O2/c27-26(13-4-14-26)18-9-7-16(8-10-18)21-23(30)19-11-12-20-22(29-15-28-20)25(19)31-24(21)17-5-2-1-3-6-17/h1-3,5-12,15H,4,13-14H2,(H,28,29). The third-order valence-corrected chi connectivity index (χ3v) is 7.86. The summed E-state index contributed by atoms with van der Waals surface area (Å²) in [5.74, 6) is 0.576. The van der Waals surface area contributed by atoms with Gasteiger partial charge in [-0.05, 0) is 0 Å². The summed E-state index contributed by atoms with van der Waals surface area (Å²) in [5.41, 5.74) is 5.64. The van der Waals surface area contributed by atoms with Crippen LogP contribution in [0.15, 0.2) is 82.3 Å². The third kappa shape index (κ3) is 2.89. The summed E-state index contributed by atoms with van der Waals surface area (Å²) in [4.78, 5) is 21.2. The monoisotopic (exact) mass is 466 g/mol. The van der Waals surface area contributed by atoms with Crippen molar-refractivity contribution in [2.75, 3.05) is 0 Å². The van der Waals surface area contributed by atoms with Crippen LogP contribution in [-0.2, 0) is 4.20 Å². The number of benzene rings is 3. The molecule has 1 saturated carbocycles. The average Bonchev–Trinajstić information content (AvgIpc) is 3.27. The summed E-state index contributed by atoms with van der Waals surface area (Å²) in [7, 11) is 0. The van der Waals surface area contributed by atoms with E-state index in [4.69, 9.17) is 4.42 Å². The van der Waals surface area contributed by atoms with Gasteiger partial charge < -0.3 is 0 Å². The molecule has 1 aliphatic rings. The summed E-state index contributed by atoms with van der Waals surface area (Å²) in [6.07, 6.45) is 5.28. The maximum atomic E-state index is 13.7. The molecule has 0 amide bonds. The van der Waals surface area contributed by atoms with Crippen LogP contribution < -0.4 is 5.43 Å². The van der Waals surface area contributed by atoms with Gasteiger partial charge in [-0.1, -0.05) is 0 Å². The van der Waals surface area contributed by atoms with E-state index in [2.05, 4.69) is 51.1 Å². The van der Waals surface area contributed by atoms with Crippen LogP contribution >= 0.6 is 0 Å². The Bertz CT molecular complexity index is 1480. The maximum absolute atomic E-state index is 13.7. The van der Waals surface area contributed by atoms with Crippen molar-refractivity contribution in [3.05, 3.63) is 88.8 Å². The van der Waals surface area contributed by atoms with Crippen LogP contribution in [0, 0.1) is 0 Å². The van der Waals surface area contributed by atoms with Gasteiger partial charge in [0.15, 0.2) is 0 Å². The second-order valence-electron chi connectivity index (χ2n) is 8.20. The fourth-order valence-electron chi connectivity index (χ4n) is 4.46. The van der Waals surface area contributed by atoms with Gasteiger partial charge in [0, 0.05) is 0 Å². The molecule has 0 bridgehead atoms. The predicted molar refractivity (Wildman–Crippen MR) is 124 cm³/mol. The Morgan fingerprint density at radius 3 is 2.42 bits per heavy atom. The van der Waals surface area contributed by atoms with Crippen molar-refractivity contribution < 1.29 is 4.42 Å². The van der Waals surface area contributed by atoms with Crippen LogP contribution in [0.2, 0.25) is 0 Å². The molecule has 3 aromatic carbocycles. The first kappa shape index (κ1) is 18.7. The molecule has 5 aromatic rings. The van der Waals surface area contributed by atoms with Crippen molar-refractivity contribution in [3.8, 4) is 22.5 Å². The number of hydrogen-bond donors (Lipinski definition) is 1. The minimum atomic E-state index is -0.0385. The van der Waals surface area contributed by atoms with Gasteiger partial charge in [0.1, 0.15) is 0 Å². The molecule has 2 radical (unpaired) electrons. The molecule has 0 spiro atoms. The van der Waals surface area contributed by atoms with Crippen molar-refractivity contribution in [1.29, 1.82) is 0 Å². The van der Waals surface area contributed by atoms with Crippen molar-refractivity contribution in [2.24, 2.45) is 0 Å². The third-order valence-electron chi connectivity index (χ3n) is 6.38. The number of nitrogens with one attached hydrogen (secondary N) is 1. The molecule has 0 aliphatic heterocycles. The molecule has 1 fully saturated rings. The van der Waals surface area contributed by atoms with Crippen LogP contribution in [0.5, 0.6) is 0 Å². The second-order valence-corrected chi connectivity index (χ2v) is 10.0. The molecule has 0 saturated heterocycles. The van der Waals surface area contributed by atoms with Gasteiger partial charge in [-0.2, -0.15) is 0 Å². The molecule has 2 aromatic heterocycles. The quantitative estimate of drug-likeness (QED) is 0.355. The Kier molecular flexibility index (Phi) is 4.19. The summed E-state index contributed by atoms with van der Waals surface area (Å²) in [6.45, 7) is 0. The Labute approximate surface area is 187 Å². The second kappa shape index (κ2) is 6.96. The van der Waals surface area contributed by atoms with E-state index in [1.807, 2.05) is 42.5 Å². The Balaban J connectivity index is 1.63. The zero-order chi connectivity index (χ0) is 21.0. The molecule has 4 nitrogen and oxygen atoms in total. The summed E-state index contributed by atoms with van der Waals surface area (Å²) in [6, 6.07) is 21.9. The zero-order valence-electron chi connectivity index (χ0n) is 16.8. The normalized spacial score (nSPS) is 15.3. The first-order chi connectivity index (χ1) is 15.1. The van der Waals surface area contributed by atoms with Gasteiger partial charge in [-0.3, -0.25) is 0 Å². The van der Waals surface area contributed by atoms with Gasteiger partial charge in [-0.25, -0.2) is 0 Å². The number of fused-ring (bicyclic) bond motifs is 3. The molecule has 1 N–H and O–H groups in total. The van der Waals surface area contributed by atoms with Crippen LogP contribution in [0.3, 0.4) is 0 Å². The fourth-order valence-corrected chi connectivity index (χ4v) is 5.43. The molecule has 0 unspecified atom stereocenters. The van der Waals surface area contributed by atoms with E-state index in [1.165, 1.54) is 24.8 Å². The Morgan fingerprint density at radius 1 is 0.935 bits per heavy atom. The van der Waals surface area contributed by atoms with Crippen molar-refractivity contribution >= 4 is 38.9 Å². The molecule has 6 rings (SSSR count). The first-order valence-corrected chi connectivity index (χ1v) is 11.4. The Morgan fingerprint density at radius 2 is 1.71 bits per heavy atom. The van der Waals surface area contributed by atoms with E-state index in [9.17, 15) is 4.79 Å². The SMILES string of the molecule is O=c1c(-c2ccc(C3([As])CCC3)cc2)c(-c2ccccc2)oc2c1ccc1[nH]cnc12. The molecule has 1 aliphatic carbocycles. The predicted octanol–water partition coefficient (Wildman–Crippen LogP) is 5.55. The van der Waals surface area contributed by atoms with Gasteiger partial charge in [0.2, 0.25) is 0 Å². The van der Waals surface area contributed by atoms with E-state index < -0.39 is 0 Å². The number of hydrogen-bond acceptors (Lipinski definition) is 3. The van der Waals surface area contributed by atoms with E-state index in [1.54, 1.807) is 6.33 Å². The van der Waals surface area contributed by atoms with Crippen LogP contribution in [0.4, 0.5) is 0 Å². The van der Waals surface area contributed by atoms with Gasteiger partial charge >= 0.3 is 188 Å². The van der Waals surface area contributed by atoms with E-state index in [0.29, 0.717) is 27.8 Å².